The molecule has 2 rings (SSSR count). The van der Waals surface area contributed by atoms with Crippen molar-refractivity contribution < 1.29 is 9.53 Å². The van der Waals surface area contributed by atoms with Gasteiger partial charge in [-0.3, -0.25) is 4.79 Å². The van der Waals surface area contributed by atoms with E-state index in [9.17, 15) is 4.79 Å². The Kier molecular flexibility index (Phi) is 4.51. The molecule has 0 aliphatic heterocycles. The van der Waals surface area contributed by atoms with Gasteiger partial charge in [-0.2, -0.15) is 0 Å². The minimum absolute atomic E-state index is 0.348. The van der Waals surface area contributed by atoms with Gasteiger partial charge in [-0.25, -0.2) is 0 Å². The first-order chi connectivity index (χ1) is 10.5. The van der Waals surface area contributed by atoms with Crippen LogP contribution in [0.15, 0.2) is 66.4 Å². The number of ether oxygens (including phenoxy) is 1. The second kappa shape index (κ2) is 6.35. The maximum atomic E-state index is 11.5. The van der Waals surface area contributed by atoms with Crippen LogP contribution in [0.1, 0.15) is 30.6 Å². The number of fused-ring (bicyclic) bond motifs is 1. The quantitative estimate of drug-likeness (QED) is 0.841. The van der Waals surface area contributed by atoms with Crippen LogP contribution in [0.4, 0.5) is 0 Å². The number of hydrogen-bond donors (Lipinski definition) is 2. The smallest absolute Gasteiger partial charge is 0.303 e. The van der Waals surface area contributed by atoms with E-state index in [2.05, 4.69) is 13.2 Å². The molecule has 0 saturated carbocycles. The lowest BCUT2D eigenvalue weighted by atomic mass is 9.88. The summed E-state index contributed by atoms with van der Waals surface area (Å²) in [5.41, 5.74) is 16.5. The van der Waals surface area contributed by atoms with Crippen molar-refractivity contribution in [3.63, 3.8) is 0 Å². The van der Waals surface area contributed by atoms with Gasteiger partial charge in [0.1, 0.15) is 6.10 Å². The molecule has 4 heteroatoms. The number of rotatable bonds is 3. The summed E-state index contributed by atoms with van der Waals surface area (Å²) in [5, 5.41) is 0. The first kappa shape index (κ1) is 15.6. The van der Waals surface area contributed by atoms with E-state index in [1.165, 1.54) is 6.92 Å². The van der Waals surface area contributed by atoms with Crippen molar-refractivity contribution in [2.75, 3.05) is 0 Å². The molecule has 0 radical (unpaired) electrons. The lowest BCUT2D eigenvalue weighted by Gasteiger charge is -2.25. The van der Waals surface area contributed by atoms with Crippen molar-refractivity contribution in [3.8, 4) is 0 Å². The number of benzene rings is 1. The summed E-state index contributed by atoms with van der Waals surface area (Å²) in [7, 11) is 0. The Labute approximate surface area is 130 Å². The van der Waals surface area contributed by atoms with Gasteiger partial charge in [-0.15, -0.1) is 0 Å². The first-order valence-corrected chi connectivity index (χ1v) is 6.99. The summed E-state index contributed by atoms with van der Waals surface area (Å²) in [6, 6.07) is 7.51. The molecule has 0 bridgehead atoms. The zero-order valence-electron chi connectivity index (χ0n) is 12.6. The molecule has 0 fully saturated rings. The Hall–Kier alpha value is -2.75. The van der Waals surface area contributed by atoms with E-state index in [0.717, 1.165) is 22.3 Å². The normalized spacial score (nSPS) is 24.7. The second-order valence-corrected chi connectivity index (χ2v) is 5.06. The molecule has 0 aromatic heterocycles. The summed E-state index contributed by atoms with van der Waals surface area (Å²) in [4.78, 5) is 11.5. The molecular weight excluding hydrogens is 276 g/mol. The lowest BCUT2D eigenvalue weighted by molar-refractivity contribution is -0.146. The zero-order valence-corrected chi connectivity index (χ0v) is 12.6. The monoisotopic (exact) mass is 296 g/mol. The predicted molar refractivity (Wildman–Crippen MR) is 88.3 cm³/mol. The topological polar surface area (TPSA) is 78.3 Å². The van der Waals surface area contributed by atoms with Crippen LogP contribution in [-0.2, 0) is 9.53 Å². The average Bonchev–Trinajstić information content (AvgIpc) is 2.51. The molecule has 0 saturated heterocycles. The number of nitrogens with two attached hydrogens (primary N) is 2. The van der Waals surface area contributed by atoms with Crippen molar-refractivity contribution in [2.45, 2.75) is 19.4 Å². The summed E-state index contributed by atoms with van der Waals surface area (Å²) in [6.07, 6.45) is 3.37. The zero-order chi connectivity index (χ0) is 16.3. The lowest BCUT2D eigenvalue weighted by Crippen LogP contribution is -2.19. The van der Waals surface area contributed by atoms with Gasteiger partial charge >= 0.3 is 5.97 Å². The summed E-state index contributed by atoms with van der Waals surface area (Å²) < 4.78 is 5.49. The fraction of sp³-hybridized carbons (Fsp3) is 0.167. The maximum absolute atomic E-state index is 11.5. The van der Waals surface area contributed by atoms with E-state index in [1.807, 2.05) is 24.3 Å². The molecule has 114 valence electrons. The van der Waals surface area contributed by atoms with Gasteiger partial charge in [0.25, 0.3) is 0 Å². The summed E-state index contributed by atoms with van der Waals surface area (Å²) in [6.45, 7) is 9.01. The van der Waals surface area contributed by atoms with Crippen LogP contribution >= 0.6 is 0 Å². The SMILES string of the molecule is C=C/C1=C(C=C)/C(N)=C(/N)c2ccccc2C(OC(C)=O)C1. The first-order valence-electron chi connectivity index (χ1n) is 6.99. The largest absolute Gasteiger partial charge is 0.457 e. The predicted octanol–water partition coefficient (Wildman–Crippen LogP) is 2.95. The highest BCUT2D eigenvalue weighted by Crippen LogP contribution is 2.36. The summed E-state index contributed by atoms with van der Waals surface area (Å²) in [5.74, 6) is -0.348. The standard InChI is InChI=1S/C18H20N2O2/c1-4-12-10-16(22-11(3)21)14-8-6-7-9-15(14)18(20)17(19)13(12)5-2/h4-9,16H,1-2,10,19-20H2,3H3/b13-12-,18-17-. The van der Waals surface area contributed by atoms with Crippen LogP contribution in [0, 0.1) is 0 Å². The highest BCUT2D eigenvalue weighted by molar-refractivity contribution is 5.75. The third-order valence-corrected chi connectivity index (χ3v) is 3.69. The molecule has 1 atom stereocenters. The van der Waals surface area contributed by atoms with E-state index in [4.69, 9.17) is 16.2 Å². The molecule has 0 heterocycles. The van der Waals surface area contributed by atoms with Gasteiger partial charge in [0.05, 0.1) is 11.4 Å². The minimum atomic E-state index is -0.441. The molecule has 0 spiro atoms. The molecule has 0 amide bonds. The second-order valence-electron chi connectivity index (χ2n) is 5.06. The fourth-order valence-corrected chi connectivity index (χ4v) is 2.65. The van der Waals surface area contributed by atoms with Gasteiger partial charge in [-0.05, 0) is 5.57 Å². The Morgan fingerprint density at radius 2 is 1.91 bits per heavy atom. The number of hydrogen-bond acceptors (Lipinski definition) is 4. The highest BCUT2D eigenvalue weighted by Gasteiger charge is 2.25. The van der Waals surface area contributed by atoms with Crippen LogP contribution < -0.4 is 11.5 Å². The van der Waals surface area contributed by atoms with Crippen LogP contribution in [0.5, 0.6) is 0 Å². The van der Waals surface area contributed by atoms with E-state index >= 15 is 0 Å². The van der Waals surface area contributed by atoms with Crippen molar-refractivity contribution in [1.29, 1.82) is 0 Å². The third kappa shape index (κ3) is 2.81. The maximum Gasteiger partial charge on any atom is 0.303 e. The van der Waals surface area contributed by atoms with E-state index < -0.39 is 6.10 Å². The van der Waals surface area contributed by atoms with Gasteiger partial charge in [0.2, 0.25) is 0 Å². The third-order valence-electron chi connectivity index (χ3n) is 3.69. The van der Waals surface area contributed by atoms with Crippen LogP contribution in [0.25, 0.3) is 5.70 Å². The number of allylic oxidation sites excluding steroid dienone is 2. The molecule has 1 aliphatic carbocycles. The molecule has 1 aliphatic rings. The number of esters is 1. The summed E-state index contributed by atoms with van der Waals surface area (Å²) >= 11 is 0. The van der Waals surface area contributed by atoms with E-state index in [-0.39, 0.29) is 5.97 Å². The highest BCUT2D eigenvalue weighted by atomic mass is 16.5. The Morgan fingerprint density at radius 1 is 1.23 bits per heavy atom. The number of carbonyl (C=O) groups excluding carboxylic acids is 1. The average molecular weight is 296 g/mol. The molecule has 1 aromatic rings. The molecule has 4 N–H and O–H groups in total. The molecule has 1 unspecified atom stereocenters. The van der Waals surface area contributed by atoms with E-state index in [1.54, 1.807) is 12.2 Å². The minimum Gasteiger partial charge on any atom is -0.457 e. The van der Waals surface area contributed by atoms with Crippen molar-refractivity contribution in [3.05, 3.63) is 77.5 Å². The molecule has 4 nitrogen and oxygen atoms in total. The fourth-order valence-electron chi connectivity index (χ4n) is 2.65. The molecular formula is C18H20N2O2. The van der Waals surface area contributed by atoms with Gasteiger partial charge in [0.15, 0.2) is 0 Å². The van der Waals surface area contributed by atoms with Crippen LogP contribution in [0.3, 0.4) is 0 Å². The van der Waals surface area contributed by atoms with Crippen molar-refractivity contribution in [1.82, 2.24) is 0 Å². The number of carbonyl (C=O) groups is 1. The van der Waals surface area contributed by atoms with Gasteiger partial charge in [0, 0.05) is 30.0 Å². The van der Waals surface area contributed by atoms with Crippen molar-refractivity contribution >= 4 is 11.7 Å². The Balaban J connectivity index is 2.74. The van der Waals surface area contributed by atoms with E-state index in [0.29, 0.717) is 17.8 Å². The molecule has 1 aromatic carbocycles. The Morgan fingerprint density at radius 3 is 2.50 bits per heavy atom. The van der Waals surface area contributed by atoms with Crippen LogP contribution in [0.2, 0.25) is 0 Å². The van der Waals surface area contributed by atoms with Gasteiger partial charge < -0.3 is 16.2 Å². The van der Waals surface area contributed by atoms with Gasteiger partial charge in [-0.1, -0.05) is 49.6 Å². The Bertz CT molecular complexity index is 699. The van der Waals surface area contributed by atoms with Crippen LogP contribution in [-0.4, -0.2) is 5.97 Å². The molecule has 22 heavy (non-hydrogen) atoms. The van der Waals surface area contributed by atoms with Crippen molar-refractivity contribution in [2.24, 2.45) is 11.5 Å².